The molecule has 0 aliphatic rings. The quantitative estimate of drug-likeness (QED) is 0.705. The van der Waals surface area contributed by atoms with Crippen LogP contribution in [0.1, 0.15) is 19.4 Å². The van der Waals surface area contributed by atoms with Crippen LogP contribution in [0.4, 0.5) is 4.39 Å². The van der Waals surface area contributed by atoms with E-state index in [2.05, 4.69) is 13.8 Å². The number of benzene rings is 1. The molecular formula is C12H13FO. The Morgan fingerprint density at radius 2 is 2.07 bits per heavy atom. The van der Waals surface area contributed by atoms with Crippen LogP contribution >= 0.6 is 0 Å². The van der Waals surface area contributed by atoms with Gasteiger partial charge < -0.3 is 4.42 Å². The predicted molar refractivity (Wildman–Crippen MR) is 54.7 cm³/mol. The van der Waals surface area contributed by atoms with Gasteiger partial charge in [-0.1, -0.05) is 13.8 Å². The van der Waals surface area contributed by atoms with Crippen LogP contribution in [0.25, 0.3) is 11.0 Å². The molecule has 2 aromatic rings. The molecule has 0 unspecified atom stereocenters. The monoisotopic (exact) mass is 192 g/mol. The van der Waals surface area contributed by atoms with Gasteiger partial charge >= 0.3 is 0 Å². The van der Waals surface area contributed by atoms with Crippen molar-refractivity contribution in [2.45, 2.75) is 20.3 Å². The molecule has 1 heterocycles. The largest absolute Gasteiger partial charge is 0.464 e. The molecule has 0 aliphatic carbocycles. The van der Waals surface area contributed by atoms with Crippen molar-refractivity contribution < 1.29 is 8.81 Å². The maximum absolute atomic E-state index is 13.5. The van der Waals surface area contributed by atoms with E-state index in [1.165, 1.54) is 6.07 Å². The molecule has 0 atom stereocenters. The van der Waals surface area contributed by atoms with E-state index in [9.17, 15) is 4.39 Å². The van der Waals surface area contributed by atoms with Crippen molar-refractivity contribution in [1.82, 2.24) is 0 Å². The fourth-order valence-electron chi connectivity index (χ4n) is 1.67. The number of halogens is 1. The third-order valence-electron chi connectivity index (χ3n) is 2.28. The van der Waals surface area contributed by atoms with Crippen LogP contribution in [-0.2, 0) is 6.42 Å². The zero-order valence-electron chi connectivity index (χ0n) is 8.38. The molecule has 2 rings (SSSR count). The van der Waals surface area contributed by atoms with Gasteiger partial charge in [0.15, 0.2) is 0 Å². The SMILES string of the molecule is CC(C)Cc1c(F)ccc2ccoc12. The molecule has 0 bridgehead atoms. The zero-order valence-corrected chi connectivity index (χ0v) is 8.38. The van der Waals surface area contributed by atoms with Gasteiger partial charge in [0.05, 0.1) is 6.26 Å². The van der Waals surface area contributed by atoms with Crippen molar-refractivity contribution in [2.24, 2.45) is 5.92 Å². The Balaban J connectivity index is 2.58. The first-order valence-corrected chi connectivity index (χ1v) is 4.83. The van der Waals surface area contributed by atoms with E-state index in [1.807, 2.05) is 6.07 Å². The summed E-state index contributed by atoms with van der Waals surface area (Å²) in [6, 6.07) is 5.12. The average molecular weight is 192 g/mol. The van der Waals surface area contributed by atoms with Gasteiger partial charge in [-0.2, -0.15) is 0 Å². The van der Waals surface area contributed by atoms with Crippen LogP contribution in [0.5, 0.6) is 0 Å². The van der Waals surface area contributed by atoms with E-state index in [0.29, 0.717) is 17.1 Å². The van der Waals surface area contributed by atoms with Gasteiger partial charge in [-0.15, -0.1) is 0 Å². The van der Waals surface area contributed by atoms with E-state index in [0.717, 1.165) is 11.8 Å². The summed E-state index contributed by atoms with van der Waals surface area (Å²) in [5.74, 6) is 0.265. The van der Waals surface area contributed by atoms with E-state index in [4.69, 9.17) is 4.42 Å². The molecule has 0 aliphatic heterocycles. The summed E-state index contributed by atoms with van der Waals surface area (Å²) < 4.78 is 18.8. The highest BCUT2D eigenvalue weighted by atomic mass is 19.1. The zero-order chi connectivity index (χ0) is 10.1. The van der Waals surface area contributed by atoms with Crippen molar-refractivity contribution >= 4 is 11.0 Å². The number of hydrogen-bond acceptors (Lipinski definition) is 1. The second kappa shape index (κ2) is 3.45. The summed E-state index contributed by atoms with van der Waals surface area (Å²) in [7, 11) is 0. The van der Waals surface area contributed by atoms with Gasteiger partial charge in [0.25, 0.3) is 0 Å². The number of rotatable bonds is 2. The number of hydrogen-bond donors (Lipinski definition) is 0. The highest BCUT2D eigenvalue weighted by Crippen LogP contribution is 2.24. The van der Waals surface area contributed by atoms with Gasteiger partial charge in [0.2, 0.25) is 0 Å². The van der Waals surface area contributed by atoms with Crippen LogP contribution in [0, 0.1) is 11.7 Å². The lowest BCUT2D eigenvalue weighted by Crippen LogP contribution is -1.97. The second-order valence-corrected chi connectivity index (χ2v) is 3.96. The van der Waals surface area contributed by atoms with Crippen molar-refractivity contribution in [3.8, 4) is 0 Å². The molecule has 1 aromatic carbocycles. The highest BCUT2D eigenvalue weighted by molar-refractivity contribution is 5.80. The summed E-state index contributed by atoms with van der Waals surface area (Å²) in [5, 5.41) is 0.974. The maximum Gasteiger partial charge on any atom is 0.139 e. The third kappa shape index (κ3) is 1.52. The number of furan rings is 1. The Kier molecular flexibility index (Phi) is 2.28. The molecule has 0 fully saturated rings. The molecule has 0 N–H and O–H groups in total. The van der Waals surface area contributed by atoms with E-state index >= 15 is 0 Å². The van der Waals surface area contributed by atoms with Crippen molar-refractivity contribution in [3.05, 3.63) is 35.8 Å². The lowest BCUT2D eigenvalue weighted by molar-refractivity contribution is 0.555. The topological polar surface area (TPSA) is 13.1 Å². The fourth-order valence-corrected chi connectivity index (χ4v) is 1.67. The lowest BCUT2D eigenvalue weighted by Gasteiger charge is -2.06. The second-order valence-electron chi connectivity index (χ2n) is 3.96. The Labute approximate surface area is 82.5 Å². The van der Waals surface area contributed by atoms with Crippen LogP contribution < -0.4 is 0 Å². The van der Waals surface area contributed by atoms with E-state index in [-0.39, 0.29) is 5.82 Å². The minimum atomic E-state index is -0.166. The summed E-state index contributed by atoms with van der Waals surface area (Å²) >= 11 is 0. The summed E-state index contributed by atoms with van der Waals surface area (Å²) in [5.41, 5.74) is 1.39. The molecule has 0 saturated heterocycles. The van der Waals surface area contributed by atoms with Crippen LogP contribution in [0.15, 0.2) is 28.9 Å². The number of fused-ring (bicyclic) bond motifs is 1. The first kappa shape index (κ1) is 9.25. The molecule has 2 heteroatoms. The minimum absolute atomic E-state index is 0.166. The van der Waals surface area contributed by atoms with Gasteiger partial charge in [-0.3, -0.25) is 0 Å². The normalized spacial score (nSPS) is 11.4. The molecule has 0 radical (unpaired) electrons. The van der Waals surface area contributed by atoms with Crippen molar-refractivity contribution in [3.63, 3.8) is 0 Å². The average Bonchev–Trinajstić information content (AvgIpc) is 2.57. The van der Waals surface area contributed by atoms with Crippen LogP contribution in [0.3, 0.4) is 0 Å². The molecule has 1 aromatic heterocycles. The van der Waals surface area contributed by atoms with E-state index < -0.39 is 0 Å². The van der Waals surface area contributed by atoms with Crippen LogP contribution in [-0.4, -0.2) is 0 Å². The Bertz CT molecular complexity index is 443. The molecular weight excluding hydrogens is 179 g/mol. The standard InChI is InChI=1S/C12H13FO/c1-8(2)7-10-11(13)4-3-9-5-6-14-12(9)10/h3-6,8H,7H2,1-2H3. The lowest BCUT2D eigenvalue weighted by atomic mass is 10.0. The Morgan fingerprint density at radius 3 is 2.79 bits per heavy atom. The van der Waals surface area contributed by atoms with Crippen molar-refractivity contribution in [1.29, 1.82) is 0 Å². The Hall–Kier alpha value is -1.31. The summed E-state index contributed by atoms with van der Waals surface area (Å²) in [6.45, 7) is 4.14. The summed E-state index contributed by atoms with van der Waals surface area (Å²) in [6.07, 6.45) is 2.32. The maximum atomic E-state index is 13.5. The van der Waals surface area contributed by atoms with Gasteiger partial charge in [0, 0.05) is 10.9 Å². The molecule has 0 amide bonds. The fraction of sp³-hybridized carbons (Fsp3) is 0.333. The first-order chi connectivity index (χ1) is 6.68. The van der Waals surface area contributed by atoms with Gasteiger partial charge in [-0.05, 0) is 30.5 Å². The Morgan fingerprint density at radius 1 is 1.29 bits per heavy atom. The molecule has 14 heavy (non-hydrogen) atoms. The predicted octanol–water partition coefficient (Wildman–Crippen LogP) is 3.77. The molecule has 1 nitrogen and oxygen atoms in total. The smallest absolute Gasteiger partial charge is 0.139 e. The third-order valence-corrected chi connectivity index (χ3v) is 2.28. The van der Waals surface area contributed by atoms with E-state index in [1.54, 1.807) is 12.3 Å². The summed E-state index contributed by atoms with van der Waals surface area (Å²) in [4.78, 5) is 0. The van der Waals surface area contributed by atoms with Gasteiger partial charge in [0.1, 0.15) is 11.4 Å². The van der Waals surface area contributed by atoms with Gasteiger partial charge in [-0.25, -0.2) is 4.39 Å². The minimum Gasteiger partial charge on any atom is -0.464 e. The van der Waals surface area contributed by atoms with Crippen LogP contribution in [0.2, 0.25) is 0 Å². The molecule has 0 spiro atoms. The van der Waals surface area contributed by atoms with Crippen molar-refractivity contribution in [2.75, 3.05) is 0 Å². The molecule has 0 saturated carbocycles. The first-order valence-electron chi connectivity index (χ1n) is 4.83. The highest BCUT2D eigenvalue weighted by Gasteiger charge is 2.11. The molecule has 74 valence electrons.